The van der Waals surface area contributed by atoms with E-state index in [0.717, 1.165) is 0 Å². The highest BCUT2D eigenvalue weighted by Crippen LogP contribution is 2.29. The second-order valence-corrected chi connectivity index (χ2v) is 10.2. The van der Waals surface area contributed by atoms with Gasteiger partial charge in [-0.15, -0.1) is 0 Å². The Labute approximate surface area is 190 Å². The number of nitrogens with zero attached hydrogens (tertiary/aromatic N) is 5. The van der Waals surface area contributed by atoms with Crippen LogP contribution in [-0.2, 0) is 14.8 Å². The molecule has 3 heterocycles. The lowest BCUT2D eigenvalue weighted by Crippen LogP contribution is -2.52. The minimum atomic E-state index is -3.77. The number of fused-ring (bicyclic) bond motifs is 1. The first-order chi connectivity index (χ1) is 15.9. The molecule has 2 aliphatic rings. The summed E-state index contributed by atoms with van der Waals surface area (Å²) in [5.41, 5.74) is 1.15. The van der Waals surface area contributed by atoms with Crippen molar-refractivity contribution in [2.24, 2.45) is 5.92 Å². The van der Waals surface area contributed by atoms with Gasteiger partial charge in [-0.3, -0.25) is 4.79 Å². The minimum absolute atomic E-state index is 0.0445. The van der Waals surface area contributed by atoms with E-state index in [1.807, 2.05) is 9.80 Å². The fourth-order valence-electron chi connectivity index (χ4n) is 4.61. The standard InChI is InChI=1S/C22H24FN5O4S/c23-17-4-1-2-6-19(17)26-12-14-27(15-13-26)22(29)16-8-10-28(11-9-16)33(30,31)20-7-3-5-18-21(20)25-32-24-18/h1-7,16H,8-15H2. The molecule has 0 unspecified atom stereocenters. The highest BCUT2D eigenvalue weighted by atomic mass is 32.2. The van der Waals surface area contributed by atoms with E-state index in [1.165, 1.54) is 16.4 Å². The molecule has 33 heavy (non-hydrogen) atoms. The van der Waals surface area contributed by atoms with Gasteiger partial charge in [-0.05, 0) is 47.4 Å². The number of halogens is 1. The zero-order valence-electron chi connectivity index (χ0n) is 17.9. The van der Waals surface area contributed by atoms with E-state index in [-0.39, 0.29) is 41.1 Å². The third kappa shape index (κ3) is 4.06. The van der Waals surface area contributed by atoms with Crippen LogP contribution in [0.15, 0.2) is 52.0 Å². The second kappa shape index (κ2) is 8.71. The largest absolute Gasteiger partial charge is 0.366 e. The SMILES string of the molecule is O=C(C1CCN(S(=O)(=O)c2cccc3nonc23)CC1)N1CCN(c2ccccc2F)CC1. The maximum absolute atomic E-state index is 14.1. The molecule has 9 nitrogen and oxygen atoms in total. The number of hydrogen-bond donors (Lipinski definition) is 0. The third-order valence-electron chi connectivity index (χ3n) is 6.45. The van der Waals surface area contributed by atoms with E-state index in [4.69, 9.17) is 0 Å². The van der Waals surface area contributed by atoms with Crippen LogP contribution in [0.5, 0.6) is 0 Å². The van der Waals surface area contributed by atoms with Gasteiger partial charge in [-0.2, -0.15) is 4.31 Å². The van der Waals surface area contributed by atoms with Crippen LogP contribution in [0.1, 0.15) is 12.8 Å². The quantitative estimate of drug-likeness (QED) is 0.572. The average Bonchev–Trinajstić information content (AvgIpc) is 3.33. The zero-order valence-corrected chi connectivity index (χ0v) is 18.7. The summed E-state index contributed by atoms with van der Waals surface area (Å²) in [6, 6.07) is 11.4. The van der Waals surface area contributed by atoms with E-state index in [2.05, 4.69) is 14.9 Å². The first kappa shape index (κ1) is 21.8. The van der Waals surface area contributed by atoms with Crippen molar-refractivity contribution in [3.05, 3.63) is 48.3 Å². The Morgan fingerprint density at radius 1 is 0.939 bits per heavy atom. The van der Waals surface area contributed by atoms with Gasteiger partial charge in [0.25, 0.3) is 0 Å². The Hall–Kier alpha value is -3.05. The van der Waals surface area contributed by atoms with Crippen LogP contribution in [0.3, 0.4) is 0 Å². The lowest BCUT2D eigenvalue weighted by Gasteiger charge is -2.39. The number of piperazine rings is 1. The van der Waals surface area contributed by atoms with E-state index >= 15 is 0 Å². The van der Waals surface area contributed by atoms with E-state index < -0.39 is 10.0 Å². The van der Waals surface area contributed by atoms with Gasteiger partial charge in [-0.1, -0.05) is 18.2 Å². The number of rotatable bonds is 4. The summed E-state index contributed by atoms with van der Waals surface area (Å²) in [5, 5.41) is 7.45. The molecule has 174 valence electrons. The number of benzene rings is 2. The lowest BCUT2D eigenvalue weighted by atomic mass is 9.96. The van der Waals surface area contributed by atoms with Crippen LogP contribution < -0.4 is 4.90 Å². The van der Waals surface area contributed by atoms with Crippen molar-refractivity contribution in [3.8, 4) is 0 Å². The van der Waals surface area contributed by atoms with E-state index in [1.54, 1.807) is 30.3 Å². The fourth-order valence-corrected chi connectivity index (χ4v) is 6.21. The lowest BCUT2D eigenvalue weighted by molar-refractivity contribution is -0.137. The van der Waals surface area contributed by atoms with Gasteiger partial charge in [0, 0.05) is 45.2 Å². The van der Waals surface area contributed by atoms with Crippen molar-refractivity contribution in [2.45, 2.75) is 17.7 Å². The van der Waals surface area contributed by atoms with Crippen LogP contribution in [-0.4, -0.2) is 73.1 Å². The summed E-state index contributed by atoms with van der Waals surface area (Å²) >= 11 is 0. The fraction of sp³-hybridized carbons (Fsp3) is 0.409. The smallest absolute Gasteiger partial charge is 0.245 e. The molecule has 2 fully saturated rings. The molecule has 0 spiro atoms. The van der Waals surface area contributed by atoms with Gasteiger partial charge in [0.1, 0.15) is 16.2 Å². The molecular formula is C22H24FN5O4S. The van der Waals surface area contributed by atoms with Crippen LogP contribution in [0.2, 0.25) is 0 Å². The topological polar surface area (TPSA) is 99.8 Å². The summed E-state index contributed by atoms with van der Waals surface area (Å²) in [7, 11) is -3.77. The molecule has 11 heteroatoms. The molecule has 0 bridgehead atoms. The Kier molecular flexibility index (Phi) is 5.75. The normalized spacial score (nSPS) is 18.7. The summed E-state index contributed by atoms with van der Waals surface area (Å²) < 4.78 is 46.5. The maximum Gasteiger partial charge on any atom is 0.245 e. The van der Waals surface area contributed by atoms with Crippen LogP contribution in [0.25, 0.3) is 11.0 Å². The van der Waals surface area contributed by atoms with Gasteiger partial charge in [0.15, 0.2) is 5.52 Å². The molecule has 0 aliphatic carbocycles. The average molecular weight is 474 g/mol. The number of piperidine rings is 1. The van der Waals surface area contributed by atoms with Crippen LogP contribution >= 0.6 is 0 Å². The second-order valence-electron chi connectivity index (χ2n) is 8.33. The van der Waals surface area contributed by atoms with Crippen molar-refractivity contribution in [2.75, 3.05) is 44.2 Å². The van der Waals surface area contributed by atoms with Crippen molar-refractivity contribution in [1.29, 1.82) is 0 Å². The summed E-state index contributed by atoms with van der Waals surface area (Å²) in [5.74, 6) is -0.438. The molecule has 2 saturated heterocycles. The Morgan fingerprint density at radius 3 is 2.39 bits per heavy atom. The molecular weight excluding hydrogens is 449 g/mol. The van der Waals surface area contributed by atoms with E-state index in [0.29, 0.717) is 50.2 Å². The summed E-state index contributed by atoms with van der Waals surface area (Å²) in [6.07, 6.45) is 0.914. The molecule has 3 aromatic rings. The highest BCUT2D eigenvalue weighted by Gasteiger charge is 2.36. The molecule has 0 atom stereocenters. The Bertz CT molecular complexity index is 1260. The zero-order chi connectivity index (χ0) is 23.0. The minimum Gasteiger partial charge on any atom is -0.366 e. The monoisotopic (exact) mass is 473 g/mol. The van der Waals surface area contributed by atoms with E-state index in [9.17, 15) is 17.6 Å². The van der Waals surface area contributed by atoms with Gasteiger partial charge in [0.2, 0.25) is 15.9 Å². The third-order valence-corrected chi connectivity index (χ3v) is 8.38. The number of hydrogen-bond acceptors (Lipinski definition) is 7. The van der Waals surface area contributed by atoms with Gasteiger partial charge in [-0.25, -0.2) is 17.4 Å². The molecule has 2 aromatic carbocycles. The number of anilines is 1. The molecule has 1 aromatic heterocycles. The number of para-hydroxylation sites is 1. The first-order valence-electron chi connectivity index (χ1n) is 10.9. The highest BCUT2D eigenvalue weighted by molar-refractivity contribution is 7.89. The number of carbonyl (C=O) groups is 1. The van der Waals surface area contributed by atoms with Crippen molar-refractivity contribution in [3.63, 3.8) is 0 Å². The van der Waals surface area contributed by atoms with Crippen molar-refractivity contribution >= 4 is 32.7 Å². The number of amides is 1. The summed E-state index contributed by atoms with van der Waals surface area (Å²) in [6.45, 7) is 2.69. The Balaban J connectivity index is 1.20. The van der Waals surface area contributed by atoms with Gasteiger partial charge in [0.05, 0.1) is 5.69 Å². The number of sulfonamides is 1. The predicted molar refractivity (Wildman–Crippen MR) is 118 cm³/mol. The maximum atomic E-state index is 14.1. The number of aromatic nitrogens is 2. The molecule has 5 rings (SSSR count). The number of carbonyl (C=O) groups excluding carboxylic acids is 1. The summed E-state index contributed by atoms with van der Waals surface area (Å²) in [4.78, 5) is 16.9. The van der Waals surface area contributed by atoms with Gasteiger partial charge >= 0.3 is 0 Å². The van der Waals surface area contributed by atoms with Crippen molar-refractivity contribution in [1.82, 2.24) is 19.5 Å². The van der Waals surface area contributed by atoms with Crippen LogP contribution in [0.4, 0.5) is 10.1 Å². The first-order valence-corrected chi connectivity index (χ1v) is 12.4. The van der Waals surface area contributed by atoms with Gasteiger partial charge < -0.3 is 9.80 Å². The van der Waals surface area contributed by atoms with Crippen molar-refractivity contribution < 1.29 is 22.2 Å². The Morgan fingerprint density at radius 2 is 1.67 bits per heavy atom. The molecule has 1 amide bonds. The van der Waals surface area contributed by atoms with Crippen LogP contribution in [0, 0.1) is 11.7 Å². The predicted octanol–water partition coefficient (Wildman–Crippen LogP) is 2.11. The molecule has 2 aliphatic heterocycles. The molecule has 0 N–H and O–H groups in total. The molecule has 0 saturated carbocycles. The molecule has 0 radical (unpaired) electrons.